The second kappa shape index (κ2) is 10.6. The van der Waals surface area contributed by atoms with Gasteiger partial charge in [0.15, 0.2) is 11.1 Å². The first-order valence-corrected chi connectivity index (χ1v) is 18.1. The van der Waals surface area contributed by atoms with Gasteiger partial charge in [0.25, 0.3) is 11.8 Å². The van der Waals surface area contributed by atoms with Crippen LogP contribution in [0.1, 0.15) is 21.7 Å². The van der Waals surface area contributed by atoms with Crippen LogP contribution in [0.5, 0.6) is 5.75 Å². The Morgan fingerprint density at radius 3 is 2.56 bits per heavy atom. The molecule has 17 heteroatoms. The van der Waals surface area contributed by atoms with E-state index >= 15 is 0 Å². The number of fused-ring (bicyclic) bond motifs is 2. The summed E-state index contributed by atoms with van der Waals surface area (Å²) in [6.07, 6.45) is 1.52. The quantitative estimate of drug-likeness (QED) is 0.115. The maximum Gasteiger partial charge on any atom is 0.534 e. The monoisotopic (exact) mass is 640 g/mol. The number of nitrogens with zero attached hydrogens (tertiary/aromatic N) is 3. The fraction of sp³-hybridized carbons (Fsp3) is 0.385. The molecule has 43 heavy (non-hydrogen) atoms. The van der Waals surface area contributed by atoms with Gasteiger partial charge in [-0.05, 0) is 35.9 Å². The number of nitrogens with one attached hydrogen (secondary N) is 1. The van der Waals surface area contributed by atoms with E-state index in [2.05, 4.69) is 34.1 Å². The van der Waals surface area contributed by atoms with Crippen LogP contribution in [0, 0.1) is 0 Å². The topological polar surface area (TPSA) is 148 Å². The first-order valence-electron chi connectivity index (χ1n) is 13.0. The van der Waals surface area contributed by atoms with E-state index in [0.717, 1.165) is 23.1 Å². The highest BCUT2D eigenvalue weighted by molar-refractivity contribution is 7.88. The molecule has 5 rings (SSSR count). The number of aromatic nitrogens is 1. The minimum absolute atomic E-state index is 0.00759. The zero-order valence-electron chi connectivity index (χ0n) is 23.2. The maximum atomic E-state index is 13.9. The van der Waals surface area contributed by atoms with E-state index in [0.29, 0.717) is 23.3 Å². The number of amides is 4. The van der Waals surface area contributed by atoms with Gasteiger partial charge in [0.2, 0.25) is 0 Å². The van der Waals surface area contributed by atoms with Crippen LogP contribution in [0.2, 0.25) is 25.7 Å². The lowest BCUT2D eigenvalue weighted by molar-refractivity contribution is -0.136. The van der Waals surface area contributed by atoms with Gasteiger partial charge in [-0.2, -0.15) is 21.6 Å². The van der Waals surface area contributed by atoms with Crippen molar-refractivity contribution in [3.63, 3.8) is 0 Å². The molecule has 2 aliphatic heterocycles. The van der Waals surface area contributed by atoms with Crippen LogP contribution >= 0.6 is 0 Å². The average Bonchev–Trinajstić information content (AvgIpc) is 3.54. The van der Waals surface area contributed by atoms with E-state index in [1.807, 2.05) is 0 Å². The Kier molecular flexibility index (Phi) is 7.54. The number of hydrogen-bond donors (Lipinski definition) is 1. The number of halogens is 3. The lowest BCUT2D eigenvalue weighted by Gasteiger charge is -2.29. The molecule has 230 valence electrons. The van der Waals surface area contributed by atoms with Gasteiger partial charge in [-0.1, -0.05) is 25.7 Å². The lowest BCUT2D eigenvalue weighted by Crippen LogP contribution is -2.52. The number of imide groups is 1. The van der Waals surface area contributed by atoms with Crippen molar-refractivity contribution in [3.8, 4) is 5.75 Å². The van der Waals surface area contributed by atoms with Crippen molar-refractivity contribution in [2.75, 3.05) is 19.9 Å². The molecule has 3 aromatic rings. The first-order chi connectivity index (χ1) is 20.0. The number of furan rings is 1. The molecule has 12 nitrogen and oxygen atoms in total. The molecule has 2 aliphatic rings. The predicted octanol–water partition coefficient (Wildman–Crippen LogP) is 3.77. The van der Waals surface area contributed by atoms with Crippen molar-refractivity contribution in [3.05, 3.63) is 59.5 Å². The highest BCUT2D eigenvalue weighted by Crippen LogP contribution is 2.37. The number of benzene rings is 1. The third-order valence-corrected chi connectivity index (χ3v) is 9.66. The number of carbonyl (C=O) groups excluding carboxylic acids is 3. The summed E-state index contributed by atoms with van der Waals surface area (Å²) in [7, 11) is -7.42. The Bertz CT molecular complexity index is 1690. The van der Waals surface area contributed by atoms with Crippen LogP contribution in [0.3, 0.4) is 0 Å². The first kappa shape index (κ1) is 30.5. The maximum absolute atomic E-state index is 13.9. The Morgan fingerprint density at radius 2 is 1.88 bits per heavy atom. The summed E-state index contributed by atoms with van der Waals surface area (Å²) >= 11 is 0. The zero-order valence-corrected chi connectivity index (χ0v) is 25.0. The molecule has 1 fully saturated rings. The second-order valence-corrected chi connectivity index (χ2v) is 18.5. The molecular formula is C26H27F3N4O8SSi. The Morgan fingerprint density at radius 1 is 1.14 bits per heavy atom. The van der Waals surface area contributed by atoms with Gasteiger partial charge in [-0.25, -0.2) is 9.69 Å². The van der Waals surface area contributed by atoms with Crippen LogP contribution in [-0.2, 0) is 31.7 Å². The van der Waals surface area contributed by atoms with Crippen molar-refractivity contribution in [2.45, 2.75) is 43.3 Å². The van der Waals surface area contributed by atoms with Gasteiger partial charge < -0.3 is 23.6 Å². The van der Waals surface area contributed by atoms with Crippen molar-refractivity contribution in [1.82, 2.24) is 20.1 Å². The number of alkyl halides is 3. The van der Waals surface area contributed by atoms with E-state index in [1.54, 1.807) is 12.1 Å². The summed E-state index contributed by atoms with van der Waals surface area (Å²) in [5, 5.41) is 2.66. The molecule has 4 heterocycles. The summed E-state index contributed by atoms with van der Waals surface area (Å²) in [6, 6.07) is 7.86. The SMILES string of the molecule is C[Si](C)(C)CCOCN1C(=O)N[C@](CN2Cc3ccc(OS(=O)(=O)C(F)(F)F)cc3C2=O)(c2cc3ncccc3o2)C1=O. The summed E-state index contributed by atoms with van der Waals surface area (Å²) in [6.45, 7) is 5.94. The third kappa shape index (κ3) is 5.83. The minimum atomic E-state index is -5.96. The van der Waals surface area contributed by atoms with E-state index in [-0.39, 0.29) is 24.6 Å². The second-order valence-electron chi connectivity index (χ2n) is 11.4. The molecule has 1 aromatic carbocycles. The molecule has 0 aliphatic carbocycles. The van der Waals surface area contributed by atoms with Crippen LogP contribution in [0.15, 0.2) is 47.0 Å². The molecule has 0 spiro atoms. The normalized spacial score (nSPS) is 19.3. The summed E-state index contributed by atoms with van der Waals surface area (Å²) in [4.78, 5) is 46.8. The standard InChI is InChI=1S/C26H27F3N4O8SSi/c1-43(2,3)10-9-39-15-33-23(35)25(31-24(33)36,21-12-19-20(40-21)5-4-8-30-19)14-32-13-16-6-7-17(11-18(16)22(32)34)41-42(37,38)26(27,28)29/h4-8,11-12H,9-10,13-15H2,1-3H3,(H,31,36)/t25-/m1/s1. The van der Waals surface area contributed by atoms with Crippen LogP contribution in [0.4, 0.5) is 18.0 Å². The zero-order chi connectivity index (χ0) is 31.4. The lowest BCUT2D eigenvalue weighted by atomic mass is 9.95. The van der Waals surface area contributed by atoms with Gasteiger partial charge >= 0.3 is 21.7 Å². The van der Waals surface area contributed by atoms with E-state index in [4.69, 9.17) is 9.15 Å². The number of urea groups is 1. The van der Waals surface area contributed by atoms with Crippen molar-refractivity contribution < 1.29 is 49.3 Å². The average molecular weight is 641 g/mol. The van der Waals surface area contributed by atoms with Crippen molar-refractivity contribution in [1.29, 1.82) is 0 Å². The minimum Gasteiger partial charge on any atom is -0.456 e. The fourth-order valence-electron chi connectivity index (χ4n) is 4.69. The number of ether oxygens (including phenoxy) is 1. The molecule has 1 N–H and O–H groups in total. The number of rotatable bonds is 10. The van der Waals surface area contributed by atoms with Crippen molar-refractivity contribution >= 4 is 47.1 Å². The van der Waals surface area contributed by atoms with Crippen LogP contribution in [-0.4, -0.2) is 74.5 Å². The molecule has 0 saturated carbocycles. The molecule has 1 saturated heterocycles. The number of pyridine rings is 1. The van der Waals surface area contributed by atoms with Crippen molar-refractivity contribution in [2.24, 2.45) is 0 Å². The fourth-order valence-corrected chi connectivity index (χ4v) is 5.90. The van der Waals surface area contributed by atoms with Gasteiger partial charge in [0.1, 0.15) is 23.8 Å². The summed E-state index contributed by atoms with van der Waals surface area (Å²) in [5.74, 6) is -2.18. The molecule has 2 aromatic heterocycles. The number of hydrogen-bond acceptors (Lipinski definition) is 9. The summed E-state index contributed by atoms with van der Waals surface area (Å²) < 4.78 is 77.1. The molecule has 1 atom stereocenters. The van der Waals surface area contributed by atoms with Gasteiger partial charge in [-0.15, -0.1) is 0 Å². The highest BCUT2D eigenvalue weighted by Gasteiger charge is 2.57. The Labute approximate surface area is 244 Å². The molecule has 0 bridgehead atoms. The van der Waals surface area contributed by atoms with Gasteiger partial charge in [0, 0.05) is 39.1 Å². The van der Waals surface area contributed by atoms with E-state index < -0.39 is 59.4 Å². The van der Waals surface area contributed by atoms with Crippen LogP contribution in [0.25, 0.3) is 11.1 Å². The smallest absolute Gasteiger partial charge is 0.456 e. The number of carbonyl (C=O) groups is 3. The van der Waals surface area contributed by atoms with Gasteiger partial charge in [0.05, 0.1) is 6.54 Å². The highest BCUT2D eigenvalue weighted by atomic mass is 32.2. The van der Waals surface area contributed by atoms with Crippen LogP contribution < -0.4 is 9.50 Å². The van der Waals surface area contributed by atoms with Gasteiger partial charge in [-0.3, -0.25) is 14.6 Å². The third-order valence-electron chi connectivity index (χ3n) is 6.98. The Balaban J connectivity index is 1.44. The summed E-state index contributed by atoms with van der Waals surface area (Å²) in [5.41, 5.74) is -6.62. The molecule has 4 amide bonds. The largest absolute Gasteiger partial charge is 0.534 e. The molecule has 0 radical (unpaired) electrons. The van der Waals surface area contributed by atoms with E-state index in [9.17, 15) is 36.0 Å². The predicted molar refractivity (Wildman–Crippen MR) is 147 cm³/mol. The molecule has 0 unspecified atom stereocenters. The Hall–Kier alpha value is -3.96. The van der Waals surface area contributed by atoms with E-state index in [1.165, 1.54) is 23.2 Å². The molecular weight excluding hydrogens is 613 g/mol.